The Morgan fingerprint density at radius 3 is 3.04 bits per heavy atom. The Morgan fingerprint density at radius 2 is 2.14 bits per heavy atom. The Balaban J connectivity index is 1.18. The molecule has 28 heavy (non-hydrogen) atoms. The number of carbonyl (C=O) groups is 1. The lowest BCUT2D eigenvalue weighted by Crippen LogP contribution is -2.27. The highest BCUT2D eigenvalue weighted by atomic mass is 32.2. The second-order valence-corrected chi connectivity index (χ2v) is 8.25. The SMILES string of the molecule is O=C(CSc1nnc(NCc2ccco2)s1)NCCc1c[nH]c2ccccc12. The smallest absolute Gasteiger partial charge is 0.230 e. The minimum Gasteiger partial charge on any atom is -0.467 e. The Bertz CT molecular complexity index is 1040. The Morgan fingerprint density at radius 1 is 1.21 bits per heavy atom. The van der Waals surface area contributed by atoms with Gasteiger partial charge in [0.05, 0.1) is 18.6 Å². The quantitative estimate of drug-likeness (QED) is 0.362. The van der Waals surface area contributed by atoms with E-state index in [1.807, 2.05) is 36.5 Å². The molecule has 0 aliphatic rings. The number of aromatic nitrogens is 3. The Hall–Kier alpha value is -2.78. The van der Waals surface area contributed by atoms with Gasteiger partial charge in [0.2, 0.25) is 11.0 Å². The molecule has 0 aliphatic heterocycles. The fourth-order valence-corrected chi connectivity index (χ4v) is 4.35. The number of amides is 1. The molecular weight excluding hydrogens is 394 g/mol. The van der Waals surface area contributed by atoms with Crippen LogP contribution in [0, 0.1) is 0 Å². The van der Waals surface area contributed by atoms with E-state index in [4.69, 9.17) is 4.42 Å². The zero-order chi connectivity index (χ0) is 19.2. The molecule has 0 saturated carbocycles. The van der Waals surface area contributed by atoms with Gasteiger partial charge >= 0.3 is 0 Å². The summed E-state index contributed by atoms with van der Waals surface area (Å²) in [6, 6.07) is 11.9. The van der Waals surface area contributed by atoms with Crippen LogP contribution in [0.2, 0.25) is 0 Å². The molecule has 0 atom stereocenters. The van der Waals surface area contributed by atoms with Gasteiger partial charge in [-0.1, -0.05) is 41.3 Å². The highest BCUT2D eigenvalue weighted by Crippen LogP contribution is 2.25. The first-order valence-electron chi connectivity index (χ1n) is 8.82. The fraction of sp³-hybridized carbons (Fsp3) is 0.211. The van der Waals surface area contributed by atoms with Crippen molar-refractivity contribution in [1.82, 2.24) is 20.5 Å². The van der Waals surface area contributed by atoms with Gasteiger partial charge in [-0.15, -0.1) is 10.2 Å². The van der Waals surface area contributed by atoms with E-state index in [9.17, 15) is 4.79 Å². The van der Waals surface area contributed by atoms with Crippen molar-refractivity contribution in [2.45, 2.75) is 17.3 Å². The fourth-order valence-electron chi connectivity index (χ4n) is 2.77. The third-order valence-corrected chi connectivity index (χ3v) is 6.13. The third kappa shape index (κ3) is 4.73. The van der Waals surface area contributed by atoms with E-state index >= 15 is 0 Å². The van der Waals surface area contributed by atoms with Gasteiger partial charge in [0.1, 0.15) is 5.76 Å². The molecule has 144 valence electrons. The maximum atomic E-state index is 12.1. The van der Waals surface area contributed by atoms with Gasteiger partial charge < -0.3 is 20.0 Å². The van der Waals surface area contributed by atoms with E-state index in [2.05, 4.69) is 31.9 Å². The number of para-hydroxylation sites is 1. The number of carbonyl (C=O) groups excluding carboxylic acids is 1. The molecule has 7 nitrogen and oxygen atoms in total. The maximum absolute atomic E-state index is 12.1. The van der Waals surface area contributed by atoms with Crippen molar-refractivity contribution >= 4 is 45.0 Å². The summed E-state index contributed by atoms with van der Waals surface area (Å²) in [6.45, 7) is 1.16. The first-order chi connectivity index (χ1) is 13.8. The number of benzene rings is 1. The number of nitrogens with zero attached hydrogens (tertiary/aromatic N) is 2. The molecule has 3 heterocycles. The van der Waals surface area contributed by atoms with E-state index in [1.165, 1.54) is 34.0 Å². The van der Waals surface area contributed by atoms with Crippen LogP contribution < -0.4 is 10.6 Å². The molecule has 0 bridgehead atoms. The molecule has 4 aromatic rings. The summed E-state index contributed by atoms with van der Waals surface area (Å²) in [4.78, 5) is 15.3. The van der Waals surface area contributed by atoms with E-state index in [0.717, 1.165) is 22.0 Å². The topological polar surface area (TPSA) is 95.8 Å². The molecule has 1 amide bonds. The van der Waals surface area contributed by atoms with Crippen LogP contribution in [0.5, 0.6) is 0 Å². The normalized spacial score (nSPS) is 11.0. The first kappa shape index (κ1) is 18.6. The second-order valence-electron chi connectivity index (χ2n) is 6.05. The van der Waals surface area contributed by atoms with Crippen LogP contribution in [0.3, 0.4) is 0 Å². The number of hydrogen-bond acceptors (Lipinski definition) is 7. The standard InChI is InChI=1S/C19H19N5O2S2/c25-17(20-8-7-13-10-21-16-6-2-1-5-15(13)16)12-27-19-24-23-18(28-19)22-11-14-4-3-9-26-14/h1-6,9-10,21H,7-8,11-12H2,(H,20,25)(H,22,23). The van der Waals surface area contributed by atoms with Crippen LogP contribution in [0.1, 0.15) is 11.3 Å². The summed E-state index contributed by atoms with van der Waals surface area (Å²) in [5, 5.41) is 16.2. The average molecular weight is 414 g/mol. The third-order valence-electron chi connectivity index (χ3n) is 4.12. The molecular formula is C19H19N5O2S2. The van der Waals surface area contributed by atoms with Crippen LogP contribution in [-0.2, 0) is 17.8 Å². The van der Waals surface area contributed by atoms with Crippen molar-refractivity contribution in [2.24, 2.45) is 0 Å². The molecule has 0 unspecified atom stereocenters. The molecule has 3 aromatic heterocycles. The number of nitrogens with one attached hydrogen (secondary N) is 3. The molecule has 1 aromatic carbocycles. The largest absolute Gasteiger partial charge is 0.467 e. The number of thioether (sulfide) groups is 1. The number of fused-ring (bicyclic) bond motifs is 1. The van der Waals surface area contributed by atoms with Crippen LogP contribution in [0.4, 0.5) is 5.13 Å². The van der Waals surface area contributed by atoms with Crippen molar-refractivity contribution in [3.63, 3.8) is 0 Å². The van der Waals surface area contributed by atoms with E-state index in [1.54, 1.807) is 6.26 Å². The minimum atomic E-state index is -0.00913. The van der Waals surface area contributed by atoms with Crippen LogP contribution >= 0.6 is 23.1 Å². The summed E-state index contributed by atoms with van der Waals surface area (Å²) in [5.41, 5.74) is 2.33. The number of rotatable bonds is 9. The molecule has 9 heteroatoms. The van der Waals surface area contributed by atoms with Crippen LogP contribution in [0.25, 0.3) is 10.9 Å². The monoisotopic (exact) mass is 413 g/mol. The lowest BCUT2D eigenvalue weighted by Gasteiger charge is -2.03. The van der Waals surface area contributed by atoms with Crippen LogP contribution in [-0.4, -0.2) is 33.4 Å². The zero-order valence-electron chi connectivity index (χ0n) is 15.0. The number of H-pyrrole nitrogens is 1. The van der Waals surface area contributed by atoms with Crippen molar-refractivity contribution in [1.29, 1.82) is 0 Å². The number of furan rings is 1. The summed E-state index contributed by atoms with van der Waals surface area (Å²) in [6.07, 6.45) is 4.43. The average Bonchev–Trinajstić information content (AvgIpc) is 3.46. The summed E-state index contributed by atoms with van der Waals surface area (Å²) < 4.78 is 6.02. The van der Waals surface area contributed by atoms with Gasteiger partial charge in [-0.25, -0.2) is 0 Å². The van der Waals surface area contributed by atoms with Crippen molar-refractivity contribution in [3.05, 3.63) is 60.2 Å². The predicted molar refractivity (Wildman–Crippen MR) is 112 cm³/mol. The van der Waals surface area contributed by atoms with Gasteiger partial charge in [-0.3, -0.25) is 4.79 Å². The highest BCUT2D eigenvalue weighted by Gasteiger charge is 2.09. The molecule has 3 N–H and O–H groups in total. The van der Waals surface area contributed by atoms with E-state index in [0.29, 0.717) is 24.0 Å². The highest BCUT2D eigenvalue weighted by molar-refractivity contribution is 8.01. The van der Waals surface area contributed by atoms with Crippen molar-refractivity contribution < 1.29 is 9.21 Å². The number of aromatic amines is 1. The van der Waals surface area contributed by atoms with E-state index in [-0.39, 0.29) is 5.91 Å². The predicted octanol–water partition coefficient (Wildman–Crippen LogP) is 3.68. The zero-order valence-corrected chi connectivity index (χ0v) is 16.6. The minimum absolute atomic E-state index is 0.00913. The summed E-state index contributed by atoms with van der Waals surface area (Å²) >= 11 is 2.81. The van der Waals surface area contributed by atoms with Gasteiger partial charge in [-0.05, 0) is 30.2 Å². The maximum Gasteiger partial charge on any atom is 0.230 e. The molecule has 4 rings (SSSR count). The molecule has 0 aliphatic carbocycles. The van der Waals surface area contributed by atoms with Crippen LogP contribution in [0.15, 0.2) is 57.6 Å². The summed E-state index contributed by atoms with van der Waals surface area (Å²) in [5.74, 6) is 1.14. The molecule has 0 saturated heterocycles. The first-order valence-corrected chi connectivity index (χ1v) is 10.6. The number of anilines is 1. The lowest BCUT2D eigenvalue weighted by atomic mass is 10.1. The van der Waals surface area contributed by atoms with Gasteiger partial charge in [0, 0.05) is 23.6 Å². The van der Waals surface area contributed by atoms with E-state index < -0.39 is 0 Å². The van der Waals surface area contributed by atoms with Gasteiger partial charge in [-0.2, -0.15) is 0 Å². The summed E-state index contributed by atoms with van der Waals surface area (Å²) in [7, 11) is 0. The second kappa shape index (κ2) is 8.94. The number of hydrogen-bond donors (Lipinski definition) is 3. The lowest BCUT2D eigenvalue weighted by molar-refractivity contribution is -0.118. The molecule has 0 fully saturated rings. The Kier molecular flexibility index (Phi) is 5.93. The Labute approximate surface area is 169 Å². The van der Waals surface area contributed by atoms with Crippen molar-refractivity contribution in [2.75, 3.05) is 17.6 Å². The van der Waals surface area contributed by atoms with Gasteiger partial charge in [0.15, 0.2) is 4.34 Å². The van der Waals surface area contributed by atoms with Gasteiger partial charge in [0.25, 0.3) is 0 Å². The molecule has 0 radical (unpaired) electrons. The van der Waals surface area contributed by atoms with Crippen molar-refractivity contribution in [3.8, 4) is 0 Å². The molecule has 0 spiro atoms.